The Morgan fingerprint density at radius 1 is 0.906 bits per heavy atom. The van der Waals surface area contributed by atoms with Gasteiger partial charge in [-0.15, -0.1) is 0 Å². The monoisotopic (exact) mass is 431 g/mol. The van der Waals surface area contributed by atoms with Crippen molar-refractivity contribution in [2.45, 2.75) is 47.0 Å². The Kier molecular flexibility index (Phi) is 6.40. The van der Waals surface area contributed by atoms with Gasteiger partial charge in [0.15, 0.2) is 12.1 Å². The summed E-state index contributed by atoms with van der Waals surface area (Å²) in [7, 11) is 0. The van der Waals surface area contributed by atoms with Crippen LogP contribution < -0.4 is 5.56 Å². The number of hydrogen-bond acceptors (Lipinski definition) is 4. The van der Waals surface area contributed by atoms with Gasteiger partial charge >= 0.3 is 0 Å². The Morgan fingerprint density at radius 3 is 2.34 bits per heavy atom. The number of allylic oxidation sites excluding steroid dienone is 2. The predicted octanol–water partition coefficient (Wildman–Crippen LogP) is 4.51. The number of carbonyl (C=O) groups excluding carboxylic acids is 1. The first-order valence-electron chi connectivity index (χ1n) is 11.0. The van der Waals surface area contributed by atoms with Crippen molar-refractivity contribution in [2.75, 3.05) is 13.2 Å². The molecule has 1 fully saturated rings. The number of ether oxygens (including phenoxy) is 2. The average molecular weight is 432 g/mol. The molecule has 2 aliphatic rings. The van der Waals surface area contributed by atoms with Gasteiger partial charge in [0.2, 0.25) is 0 Å². The molecular formula is C27H29NO4. The highest BCUT2D eigenvalue weighted by molar-refractivity contribution is 6.01. The molecule has 1 aliphatic carbocycles. The number of benzene rings is 2. The number of hydrogen-bond donors (Lipinski definition) is 0. The fourth-order valence-electron chi connectivity index (χ4n) is 4.28. The molecule has 0 atom stereocenters. The second kappa shape index (κ2) is 9.23. The molecule has 2 aromatic carbocycles. The minimum absolute atomic E-state index is 0.00652. The average Bonchev–Trinajstić information content (AvgIpc) is 3.26. The van der Waals surface area contributed by atoms with Crippen LogP contribution in [0.2, 0.25) is 0 Å². The molecule has 3 aromatic rings. The molecule has 5 heteroatoms. The van der Waals surface area contributed by atoms with Crippen LogP contribution >= 0.6 is 0 Å². The van der Waals surface area contributed by atoms with Crippen LogP contribution in [0.1, 0.15) is 34.7 Å². The van der Waals surface area contributed by atoms with Crippen molar-refractivity contribution in [1.29, 1.82) is 0 Å². The van der Waals surface area contributed by atoms with Gasteiger partial charge in [-0.05, 0) is 68.2 Å². The lowest BCUT2D eigenvalue weighted by atomic mass is 9.90. The van der Waals surface area contributed by atoms with Crippen LogP contribution in [0, 0.1) is 20.8 Å². The van der Waals surface area contributed by atoms with Gasteiger partial charge in [0.1, 0.15) is 0 Å². The van der Waals surface area contributed by atoms with Gasteiger partial charge in [-0.25, -0.2) is 0 Å². The zero-order chi connectivity index (χ0) is 22.8. The first-order valence-corrected chi connectivity index (χ1v) is 11.0. The van der Waals surface area contributed by atoms with E-state index in [1.165, 1.54) is 16.7 Å². The first kappa shape index (κ1) is 22.2. The maximum atomic E-state index is 12.2. The van der Waals surface area contributed by atoms with Crippen LogP contribution in [0.4, 0.5) is 0 Å². The van der Waals surface area contributed by atoms with Crippen molar-refractivity contribution in [1.82, 2.24) is 4.57 Å². The quantitative estimate of drug-likeness (QED) is 0.599. The Labute approximate surface area is 188 Å². The lowest BCUT2D eigenvalue weighted by Gasteiger charge is -2.15. The Bertz CT molecular complexity index is 1260. The van der Waals surface area contributed by atoms with E-state index >= 15 is 0 Å². The molecule has 1 saturated heterocycles. The van der Waals surface area contributed by atoms with Crippen LogP contribution in [-0.4, -0.2) is 29.9 Å². The third-order valence-corrected chi connectivity index (χ3v) is 5.93. The van der Waals surface area contributed by atoms with Crippen molar-refractivity contribution in [2.24, 2.45) is 0 Å². The highest BCUT2D eigenvalue weighted by atomic mass is 16.7. The number of aromatic nitrogens is 1. The minimum Gasteiger partial charge on any atom is -0.348 e. The molecule has 5 nitrogen and oxygen atoms in total. The third-order valence-electron chi connectivity index (χ3n) is 5.93. The number of carbonyl (C=O) groups is 1. The number of pyridine rings is 1. The molecule has 0 amide bonds. The molecular weight excluding hydrogens is 402 g/mol. The van der Waals surface area contributed by atoms with E-state index in [0.29, 0.717) is 26.2 Å². The topological polar surface area (TPSA) is 57.5 Å². The van der Waals surface area contributed by atoms with Gasteiger partial charge in [0, 0.05) is 17.9 Å². The largest absolute Gasteiger partial charge is 0.348 e. The number of ketones is 1. The lowest BCUT2D eigenvalue weighted by molar-refractivity contribution is -0.114. The van der Waals surface area contributed by atoms with E-state index < -0.39 is 0 Å². The van der Waals surface area contributed by atoms with Gasteiger partial charge in [-0.3, -0.25) is 9.59 Å². The fraction of sp³-hybridized carbons (Fsp3) is 0.333. The van der Waals surface area contributed by atoms with Crippen molar-refractivity contribution in [3.63, 3.8) is 0 Å². The summed E-state index contributed by atoms with van der Waals surface area (Å²) in [6.45, 7) is 9.73. The van der Waals surface area contributed by atoms with Crippen LogP contribution in [0.5, 0.6) is 0 Å². The van der Waals surface area contributed by atoms with Gasteiger partial charge in [0.25, 0.3) is 5.56 Å². The van der Waals surface area contributed by atoms with E-state index in [1.54, 1.807) is 16.7 Å². The maximum Gasteiger partial charge on any atom is 0.251 e. The Morgan fingerprint density at radius 2 is 1.59 bits per heavy atom. The van der Waals surface area contributed by atoms with Gasteiger partial charge in [0.05, 0.1) is 25.3 Å². The molecule has 0 saturated carbocycles. The second-order valence-electron chi connectivity index (χ2n) is 8.60. The van der Waals surface area contributed by atoms with E-state index in [1.807, 2.05) is 26.0 Å². The highest BCUT2D eigenvalue weighted by Crippen LogP contribution is 2.25. The van der Waals surface area contributed by atoms with Crippen molar-refractivity contribution >= 4 is 22.3 Å². The first-order chi connectivity index (χ1) is 15.3. The summed E-state index contributed by atoms with van der Waals surface area (Å²) in [6, 6.07) is 14.1. The number of aryl methyl sites for hydroxylation is 3. The molecule has 0 bridgehead atoms. The van der Waals surface area contributed by atoms with Crippen LogP contribution in [0.25, 0.3) is 16.5 Å². The molecule has 0 unspecified atom stereocenters. The van der Waals surface area contributed by atoms with E-state index in [2.05, 4.69) is 38.1 Å². The summed E-state index contributed by atoms with van der Waals surface area (Å²) < 4.78 is 12.6. The van der Waals surface area contributed by atoms with E-state index in [9.17, 15) is 9.59 Å². The highest BCUT2D eigenvalue weighted by Gasteiger charge is 2.18. The van der Waals surface area contributed by atoms with Crippen molar-refractivity contribution in [3.05, 3.63) is 86.7 Å². The molecule has 1 aromatic heterocycles. The van der Waals surface area contributed by atoms with Crippen molar-refractivity contribution < 1.29 is 14.3 Å². The predicted molar refractivity (Wildman–Crippen MR) is 127 cm³/mol. The van der Waals surface area contributed by atoms with Crippen molar-refractivity contribution in [3.8, 4) is 0 Å². The van der Waals surface area contributed by atoms with E-state index in [0.717, 1.165) is 27.6 Å². The van der Waals surface area contributed by atoms with Crippen LogP contribution in [0.3, 0.4) is 0 Å². The lowest BCUT2D eigenvalue weighted by Crippen LogP contribution is -2.27. The molecule has 1 aliphatic heterocycles. The summed E-state index contributed by atoms with van der Waals surface area (Å²) in [5, 5.41) is 1.11. The summed E-state index contributed by atoms with van der Waals surface area (Å²) in [5.74, 6) is 0.217. The maximum absolute atomic E-state index is 12.2. The number of nitrogens with zero attached hydrogens (tertiary/aromatic N) is 1. The smallest absolute Gasteiger partial charge is 0.251 e. The molecule has 0 spiro atoms. The standard InChI is InChI=1S/C15H17NO3.C12H12O/c1-10-3-4-13-12(7-10)11(2)8-14(17)16(13)9-15-18-5-6-19-15;1-8-3-4-10-7-11(13)6-9(2)12(10)5-8/h3-4,7-8,15H,5-6,9H2,1-2H3;3-6H,7H2,1-2H3. The molecule has 32 heavy (non-hydrogen) atoms. The number of rotatable bonds is 2. The molecule has 0 N–H and O–H groups in total. The SMILES string of the molecule is CC1=CC(=O)Cc2ccc(C)cc21.Cc1ccc2c(c1)c(C)cc(=O)n2CC1OCCO1. The molecule has 0 radical (unpaired) electrons. The van der Waals surface area contributed by atoms with Gasteiger partial charge in [-0.2, -0.15) is 0 Å². The molecule has 2 heterocycles. The Balaban J connectivity index is 0.000000165. The van der Waals surface area contributed by atoms with E-state index in [-0.39, 0.29) is 17.6 Å². The molecule has 166 valence electrons. The second-order valence-corrected chi connectivity index (χ2v) is 8.60. The zero-order valence-electron chi connectivity index (χ0n) is 19.1. The zero-order valence-corrected chi connectivity index (χ0v) is 19.1. The van der Waals surface area contributed by atoms with Crippen LogP contribution in [0.15, 0.2) is 53.3 Å². The minimum atomic E-state index is -0.315. The van der Waals surface area contributed by atoms with Gasteiger partial charge < -0.3 is 14.0 Å². The normalized spacial score (nSPS) is 15.9. The Hall–Kier alpha value is -3.02. The van der Waals surface area contributed by atoms with E-state index in [4.69, 9.17) is 9.47 Å². The fourth-order valence-corrected chi connectivity index (χ4v) is 4.28. The number of fused-ring (bicyclic) bond motifs is 2. The summed E-state index contributed by atoms with van der Waals surface area (Å²) in [4.78, 5) is 23.4. The third kappa shape index (κ3) is 4.74. The summed E-state index contributed by atoms with van der Waals surface area (Å²) in [5.41, 5.74) is 7.87. The van der Waals surface area contributed by atoms with Crippen LogP contribution in [-0.2, 0) is 27.2 Å². The summed E-state index contributed by atoms with van der Waals surface area (Å²) in [6.07, 6.45) is 1.99. The van der Waals surface area contributed by atoms with Gasteiger partial charge in [-0.1, -0.05) is 35.4 Å². The molecule has 5 rings (SSSR count). The summed E-state index contributed by atoms with van der Waals surface area (Å²) >= 11 is 0.